The van der Waals surface area contributed by atoms with Crippen molar-refractivity contribution >= 4 is 12.1 Å². The second-order valence-corrected chi connectivity index (χ2v) is 3.91. The molecule has 1 saturated carbocycles. The largest absolute Gasteiger partial charge is 0.356 e. The minimum absolute atomic E-state index is 0.600. The van der Waals surface area contributed by atoms with Gasteiger partial charge in [0.25, 0.3) is 0 Å². The number of aldehydes is 1. The van der Waals surface area contributed by atoms with Gasteiger partial charge in [0.2, 0.25) is 0 Å². The summed E-state index contributed by atoms with van der Waals surface area (Å²) >= 11 is 0. The van der Waals surface area contributed by atoms with E-state index >= 15 is 0 Å². The van der Waals surface area contributed by atoms with E-state index in [9.17, 15) is 4.79 Å². The minimum Gasteiger partial charge on any atom is -0.356 e. The van der Waals surface area contributed by atoms with Gasteiger partial charge in [-0.1, -0.05) is 0 Å². The third-order valence-electron chi connectivity index (χ3n) is 2.78. The number of carbonyl (C=O) groups excluding carboxylic acids is 1. The van der Waals surface area contributed by atoms with Gasteiger partial charge in [-0.2, -0.15) is 5.10 Å². The van der Waals surface area contributed by atoms with Crippen LogP contribution in [0.4, 0.5) is 5.82 Å². The third-order valence-corrected chi connectivity index (χ3v) is 2.78. The number of rotatable bonds is 3. The summed E-state index contributed by atoms with van der Waals surface area (Å²) in [7, 11) is 3.91. The Kier molecular flexibility index (Phi) is 2.06. The van der Waals surface area contributed by atoms with E-state index < -0.39 is 0 Å². The lowest BCUT2D eigenvalue weighted by Gasteiger charge is -2.18. The van der Waals surface area contributed by atoms with Crippen LogP contribution in [0.5, 0.6) is 0 Å². The van der Waals surface area contributed by atoms with Crippen molar-refractivity contribution in [3.8, 4) is 0 Å². The lowest BCUT2D eigenvalue weighted by molar-refractivity contribution is 0.112. The molecule has 1 aliphatic rings. The van der Waals surface area contributed by atoms with Crippen molar-refractivity contribution in [2.45, 2.75) is 25.8 Å². The van der Waals surface area contributed by atoms with Gasteiger partial charge in [0.05, 0.1) is 11.3 Å². The Morgan fingerprint density at radius 3 is 2.71 bits per heavy atom. The van der Waals surface area contributed by atoms with E-state index in [-0.39, 0.29) is 0 Å². The van der Waals surface area contributed by atoms with Gasteiger partial charge in [0.1, 0.15) is 5.82 Å². The highest BCUT2D eigenvalue weighted by Crippen LogP contribution is 2.32. The smallest absolute Gasteiger partial charge is 0.155 e. The number of anilines is 1. The summed E-state index contributed by atoms with van der Waals surface area (Å²) in [6.45, 7) is 1.87. The summed E-state index contributed by atoms with van der Waals surface area (Å²) in [5, 5.41) is 4.26. The number of aromatic nitrogens is 2. The van der Waals surface area contributed by atoms with E-state index in [4.69, 9.17) is 0 Å². The van der Waals surface area contributed by atoms with Crippen molar-refractivity contribution in [2.75, 3.05) is 11.9 Å². The molecular weight excluding hydrogens is 178 g/mol. The zero-order valence-corrected chi connectivity index (χ0v) is 8.82. The Bertz CT molecular complexity index is 366. The Hall–Kier alpha value is -1.32. The molecular formula is C10H15N3O. The maximum absolute atomic E-state index is 10.9. The first kappa shape index (κ1) is 9.24. The highest BCUT2D eigenvalue weighted by molar-refractivity contribution is 5.84. The highest BCUT2D eigenvalue weighted by Gasteiger charge is 2.30. The van der Waals surface area contributed by atoms with Gasteiger partial charge in [0, 0.05) is 20.1 Å². The molecule has 1 heterocycles. The SMILES string of the molecule is Cc1nn(C)c(N(C)C2CC2)c1C=O. The molecule has 0 aromatic carbocycles. The molecule has 1 aliphatic carbocycles. The maximum atomic E-state index is 10.9. The second kappa shape index (κ2) is 3.12. The predicted molar refractivity (Wildman–Crippen MR) is 54.8 cm³/mol. The molecule has 2 rings (SSSR count). The monoisotopic (exact) mass is 193 g/mol. The molecule has 0 saturated heterocycles. The third kappa shape index (κ3) is 1.31. The molecule has 1 aromatic rings. The number of hydrogen-bond donors (Lipinski definition) is 0. The molecule has 0 radical (unpaired) electrons. The Labute approximate surface area is 83.5 Å². The summed E-state index contributed by atoms with van der Waals surface area (Å²) in [5.74, 6) is 0.944. The predicted octanol–water partition coefficient (Wildman–Crippen LogP) is 1.14. The number of aryl methyl sites for hydroxylation is 2. The van der Waals surface area contributed by atoms with Crippen LogP contribution in [0.15, 0.2) is 0 Å². The van der Waals surface area contributed by atoms with Crippen LogP contribution >= 0.6 is 0 Å². The Morgan fingerprint density at radius 2 is 2.21 bits per heavy atom. The maximum Gasteiger partial charge on any atom is 0.155 e. The zero-order valence-electron chi connectivity index (χ0n) is 8.82. The van der Waals surface area contributed by atoms with Crippen LogP contribution in [-0.2, 0) is 7.05 Å². The molecule has 1 aromatic heterocycles. The standard InChI is InChI=1S/C10H15N3O/c1-7-9(6-14)10(13(3)11-7)12(2)8-4-5-8/h6,8H,4-5H2,1-3H3. The Morgan fingerprint density at radius 1 is 1.57 bits per heavy atom. The van der Waals surface area contributed by atoms with Gasteiger partial charge >= 0.3 is 0 Å². The number of hydrogen-bond acceptors (Lipinski definition) is 3. The average Bonchev–Trinajstić information content (AvgIpc) is 2.91. The van der Waals surface area contributed by atoms with Gasteiger partial charge in [-0.3, -0.25) is 9.48 Å². The van der Waals surface area contributed by atoms with Crippen molar-refractivity contribution in [1.29, 1.82) is 0 Å². The molecule has 4 heteroatoms. The molecule has 4 nitrogen and oxygen atoms in total. The fourth-order valence-corrected chi connectivity index (χ4v) is 1.85. The molecule has 0 spiro atoms. The van der Waals surface area contributed by atoms with E-state index in [2.05, 4.69) is 10.00 Å². The average molecular weight is 193 g/mol. The first-order valence-electron chi connectivity index (χ1n) is 4.86. The lowest BCUT2D eigenvalue weighted by atomic mass is 10.2. The quantitative estimate of drug-likeness (QED) is 0.676. The van der Waals surface area contributed by atoms with Crippen LogP contribution in [0, 0.1) is 6.92 Å². The fourth-order valence-electron chi connectivity index (χ4n) is 1.85. The summed E-state index contributed by atoms with van der Waals surface area (Å²) in [6.07, 6.45) is 3.34. The molecule has 0 N–H and O–H groups in total. The first-order valence-corrected chi connectivity index (χ1v) is 4.86. The van der Waals surface area contributed by atoms with E-state index in [1.807, 2.05) is 21.0 Å². The fraction of sp³-hybridized carbons (Fsp3) is 0.600. The van der Waals surface area contributed by atoms with Crippen molar-refractivity contribution in [3.05, 3.63) is 11.3 Å². The van der Waals surface area contributed by atoms with Crippen LogP contribution in [0.3, 0.4) is 0 Å². The molecule has 1 fully saturated rings. The van der Waals surface area contributed by atoms with Gasteiger partial charge in [0.15, 0.2) is 6.29 Å². The number of carbonyl (C=O) groups is 1. The van der Waals surface area contributed by atoms with Crippen molar-refractivity contribution in [2.24, 2.45) is 7.05 Å². The molecule has 0 unspecified atom stereocenters. The van der Waals surface area contributed by atoms with Crippen molar-refractivity contribution in [1.82, 2.24) is 9.78 Å². The van der Waals surface area contributed by atoms with Crippen LogP contribution in [0.25, 0.3) is 0 Å². The van der Waals surface area contributed by atoms with Crippen molar-refractivity contribution in [3.63, 3.8) is 0 Å². The Balaban J connectivity index is 2.43. The lowest BCUT2D eigenvalue weighted by Crippen LogP contribution is -2.23. The van der Waals surface area contributed by atoms with E-state index in [0.29, 0.717) is 6.04 Å². The molecule has 0 bridgehead atoms. The van der Waals surface area contributed by atoms with Crippen LogP contribution in [-0.4, -0.2) is 29.2 Å². The number of nitrogens with zero attached hydrogens (tertiary/aromatic N) is 3. The van der Waals surface area contributed by atoms with Gasteiger partial charge in [-0.15, -0.1) is 0 Å². The molecule has 0 atom stereocenters. The van der Waals surface area contributed by atoms with Gasteiger partial charge in [-0.05, 0) is 19.8 Å². The van der Waals surface area contributed by atoms with E-state index in [0.717, 1.165) is 23.4 Å². The normalized spacial score (nSPS) is 15.6. The molecule has 14 heavy (non-hydrogen) atoms. The van der Waals surface area contributed by atoms with Crippen LogP contribution < -0.4 is 4.90 Å². The van der Waals surface area contributed by atoms with Gasteiger partial charge < -0.3 is 4.90 Å². The summed E-state index contributed by atoms with van der Waals surface area (Å²) in [5.41, 5.74) is 1.53. The molecule has 0 aliphatic heterocycles. The zero-order chi connectivity index (χ0) is 10.3. The van der Waals surface area contributed by atoms with Crippen molar-refractivity contribution < 1.29 is 4.79 Å². The molecule has 0 amide bonds. The minimum atomic E-state index is 0.600. The summed E-state index contributed by atoms with van der Waals surface area (Å²) < 4.78 is 1.79. The van der Waals surface area contributed by atoms with E-state index in [1.54, 1.807) is 4.68 Å². The van der Waals surface area contributed by atoms with Gasteiger partial charge in [-0.25, -0.2) is 0 Å². The highest BCUT2D eigenvalue weighted by atomic mass is 16.1. The van der Waals surface area contributed by atoms with E-state index in [1.165, 1.54) is 12.8 Å². The van der Waals surface area contributed by atoms with Crippen LogP contribution in [0.2, 0.25) is 0 Å². The second-order valence-electron chi connectivity index (χ2n) is 3.91. The van der Waals surface area contributed by atoms with Crippen LogP contribution in [0.1, 0.15) is 28.9 Å². The summed E-state index contributed by atoms with van der Waals surface area (Å²) in [4.78, 5) is 13.1. The summed E-state index contributed by atoms with van der Waals surface area (Å²) in [6, 6.07) is 0.600. The first-order chi connectivity index (χ1) is 6.65. The topological polar surface area (TPSA) is 38.1 Å². The molecule has 76 valence electrons.